The molecule has 0 fully saturated rings. The van der Waals surface area contributed by atoms with E-state index in [4.69, 9.17) is 0 Å². The minimum Gasteiger partial charge on any atom is -0.744 e. The number of anilines is 6. The van der Waals surface area contributed by atoms with E-state index in [1.54, 1.807) is 12.2 Å². The van der Waals surface area contributed by atoms with Crippen molar-refractivity contribution in [2.75, 3.05) is 32.1 Å². The molecule has 324 valence electrons. The first-order valence-corrected chi connectivity index (χ1v) is 22.2. The van der Waals surface area contributed by atoms with E-state index in [-0.39, 0.29) is 81.6 Å². The van der Waals surface area contributed by atoms with Crippen LogP contribution in [-0.2, 0) is 20.2 Å². The molecule has 2 aliphatic rings. The first-order valence-electron chi connectivity index (χ1n) is 19.3. The standard InChI is InChI=1S/C44H40N12O6S2.2Na/c57-63(58,59)39-27-37(49-55-51-41(45-33-13-5-1-6-14-33)29-42(52-55)46-34-15-7-2-8-16-34)25-23-31(39)21-22-32-24-26-38(28-40(32)64(60,61)62)50-56-53-43(47-35-17-9-3-10-18-35)30-44(54-56)48-36-19-11-4-12-20-36;;/h1-30,45,47,49-51,53H,(H,46,52)(H,48,54)(H,57,58,59)(H,60,61,62);;/q;2*+1/p-2. The third-order valence-electron chi connectivity index (χ3n) is 9.11. The quantitative estimate of drug-likeness (QED) is 0.0427. The minimum absolute atomic E-state index is 0. The van der Waals surface area contributed by atoms with E-state index in [2.05, 4.69) is 53.2 Å². The van der Waals surface area contributed by atoms with E-state index in [1.807, 2.05) is 121 Å². The van der Waals surface area contributed by atoms with Gasteiger partial charge in [-0.1, -0.05) is 97.1 Å². The SMILES string of the molecule is O=S(=O)([O-])c1cc(NN2N=C(Nc3ccccc3)C=C(Nc3ccccc3)N2)ccc1C=Cc1ccc(NN2N=C(Nc3ccccc3)C=C(Nc3ccccc3)N2)cc1S(=O)(=O)[O-].[Na+].[Na+]. The second-order valence-corrected chi connectivity index (χ2v) is 16.6. The summed E-state index contributed by atoms with van der Waals surface area (Å²) < 4.78 is 75.8. The summed E-state index contributed by atoms with van der Waals surface area (Å²) in [4.78, 5) is -1.25. The number of hydrogen-bond donors (Lipinski definition) is 8. The van der Waals surface area contributed by atoms with Gasteiger partial charge in [-0.15, -0.1) is 20.7 Å². The predicted octanol–water partition coefficient (Wildman–Crippen LogP) is 0.726. The third kappa shape index (κ3) is 13.6. The van der Waals surface area contributed by atoms with Crippen LogP contribution in [0.15, 0.2) is 202 Å². The Kier molecular flexibility index (Phi) is 16.6. The number of amidine groups is 2. The molecule has 0 saturated heterocycles. The van der Waals surface area contributed by atoms with Crippen molar-refractivity contribution in [1.82, 2.24) is 21.3 Å². The van der Waals surface area contributed by atoms with E-state index in [0.717, 1.165) is 34.9 Å². The third-order valence-corrected chi connectivity index (χ3v) is 10.9. The van der Waals surface area contributed by atoms with Gasteiger partial charge in [0.1, 0.15) is 31.9 Å². The van der Waals surface area contributed by atoms with Gasteiger partial charge < -0.3 is 30.4 Å². The van der Waals surface area contributed by atoms with Crippen molar-refractivity contribution in [3.8, 4) is 0 Å². The second-order valence-electron chi connectivity index (χ2n) is 13.9. The van der Waals surface area contributed by atoms with E-state index in [0.29, 0.717) is 23.3 Å². The van der Waals surface area contributed by atoms with Crippen molar-refractivity contribution >= 4 is 78.2 Å². The molecule has 0 amide bonds. The molecule has 0 saturated carbocycles. The van der Waals surface area contributed by atoms with Crippen LogP contribution in [0.2, 0.25) is 0 Å². The predicted molar refractivity (Wildman–Crippen MR) is 246 cm³/mol. The van der Waals surface area contributed by atoms with Crippen LogP contribution in [0, 0.1) is 0 Å². The van der Waals surface area contributed by atoms with E-state index in [9.17, 15) is 25.9 Å². The van der Waals surface area contributed by atoms with Crippen molar-refractivity contribution in [3.63, 3.8) is 0 Å². The molecule has 6 aromatic rings. The van der Waals surface area contributed by atoms with Crippen LogP contribution in [0.4, 0.5) is 34.1 Å². The number of benzene rings is 6. The number of hydrazine groups is 4. The summed E-state index contributed by atoms with van der Waals surface area (Å²) in [5.41, 5.74) is 15.3. The van der Waals surface area contributed by atoms with Gasteiger partial charge in [-0.25, -0.2) is 27.7 Å². The summed E-state index contributed by atoms with van der Waals surface area (Å²) in [7, 11) is -10.2. The molecule has 6 aromatic carbocycles. The fourth-order valence-electron chi connectivity index (χ4n) is 6.28. The van der Waals surface area contributed by atoms with Gasteiger partial charge >= 0.3 is 59.1 Å². The van der Waals surface area contributed by atoms with Crippen LogP contribution >= 0.6 is 0 Å². The normalized spacial score (nSPS) is 13.5. The zero-order chi connectivity index (χ0) is 44.5. The molecule has 0 unspecified atom stereocenters. The summed E-state index contributed by atoms with van der Waals surface area (Å²) >= 11 is 0. The van der Waals surface area contributed by atoms with Gasteiger partial charge in [0, 0.05) is 34.9 Å². The van der Waals surface area contributed by atoms with Gasteiger partial charge in [-0.3, -0.25) is 10.9 Å². The van der Waals surface area contributed by atoms with E-state index >= 15 is 0 Å². The fourth-order valence-corrected chi connectivity index (χ4v) is 7.67. The molecule has 66 heavy (non-hydrogen) atoms. The number of rotatable bonds is 14. The summed E-state index contributed by atoms with van der Waals surface area (Å²) in [6, 6.07) is 45.3. The Morgan fingerprint density at radius 1 is 0.439 bits per heavy atom. The van der Waals surface area contributed by atoms with Gasteiger partial charge in [-0.05, 0) is 83.9 Å². The maximum Gasteiger partial charge on any atom is 1.00 e. The first-order chi connectivity index (χ1) is 30.9. The van der Waals surface area contributed by atoms with Crippen LogP contribution < -0.4 is 102 Å². The Hall–Kier alpha value is -6.30. The molecule has 0 radical (unpaired) electrons. The van der Waals surface area contributed by atoms with Crippen molar-refractivity contribution in [3.05, 3.63) is 193 Å². The average Bonchev–Trinajstić information content (AvgIpc) is 3.27. The second kappa shape index (κ2) is 22.3. The summed E-state index contributed by atoms with van der Waals surface area (Å²) in [5, 5.41) is 24.4. The smallest absolute Gasteiger partial charge is 0.744 e. The van der Waals surface area contributed by atoms with Crippen LogP contribution in [0.1, 0.15) is 11.1 Å². The molecule has 0 spiro atoms. The van der Waals surface area contributed by atoms with Gasteiger partial charge in [0.2, 0.25) is 0 Å². The molecular weight excluding hydrogens is 903 g/mol. The monoisotopic (exact) mass is 940 g/mol. The Bertz CT molecular complexity index is 2820. The molecule has 2 aliphatic heterocycles. The fraction of sp³-hybridized carbons (Fsp3) is 0. The van der Waals surface area contributed by atoms with E-state index in [1.165, 1.54) is 46.9 Å². The summed E-state index contributed by atoms with van der Waals surface area (Å²) in [6.45, 7) is 0. The summed E-state index contributed by atoms with van der Waals surface area (Å²) in [5.74, 6) is 1.81. The van der Waals surface area contributed by atoms with Crippen LogP contribution in [0.3, 0.4) is 0 Å². The molecule has 2 heterocycles. The largest absolute Gasteiger partial charge is 1.00 e. The molecular formula is C44H38N12Na2O6S2. The number of nitrogens with one attached hydrogen (secondary N) is 8. The minimum atomic E-state index is -5.10. The zero-order valence-corrected chi connectivity index (χ0v) is 41.0. The average molecular weight is 941 g/mol. The number of para-hydroxylation sites is 4. The molecule has 18 nitrogen and oxygen atoms in total. The van der Waals surface area contributed by atoms with Gasteiger partial charge in [0.25, 0.3) is 0 Å². The number of nitrogens with zero attached hydrogens (tertiary/aromatic N) is 4. The van der Waals surface area contributed by atoms with Gasteiger partial charge in [0.05, 0.1) is 21.2 Å². The molecule has 0 atom stereocenters. The number of hydrazone groups is 2. The topological polar surface area (TPSA) is 242 Å². The molecule has 0 aliphatic carbocycles. The van der Waals surface area contributed by atoms with Crippen molar-refractivity contribution in [2.45, 2.75) is 9.79 Å². The van der Waals surface area contributed by atoms with Gasteiger partial charge in [-0.2, -0.15) is 0 Å². The Labute approximate surface area is 425 Å². The summed E-state index contributed by atoms with van der Waals surface area (Å²) in [6.07, 6.45) is 5.93. The van der Waals surface area contributed by atoms with Crippen LogP contribution in [-0.4, -0.2) is 48.1 Å². The zero-order valence-electron chi connectivity index (χ0n) is 35.4. The molecule has 22 heteroatoms. The Morgan fingerprint density at radius 3 is 1.08 bits per heavy atom. The van der Waals surface area contributed by atoms with Gasteiger partial charge in [0.15, 0.2) is 11.7 Å². The molecule has 0 aromatic heterocycles. The maximum absolute atomic E-state index is 12.6. The molecule has 8 rings (SSSR count). The molecule has 0 bridgehead atoms. The van der Waals surface area contributed by atoms with Crippen LogP contribution in [0.25, 0.3) is 12.2 Å². The first kappa shape index (κ1) is 49.1. The number of hydrogen-bond acceptors (Lipinski definition) is 18. The Balaban J connectivity index is 0.00000360. The van der Waals surface area contributed by atoms with Crippen molar-refractivity contribution in [1.29, 1.82) is 0 Å². The van der Waals surface area contributed by atoms with Crippen molar-refractivity contribution < 1.29 is 85.1 Å². The van der Waals surface area contributed by atoms with Crippen LogP contribution in [0.5, 0.6) is 0 Å². The van der Waals surface area contributed by atoms with Crippen molar-refractivity contribution in [2.24, 2.45) is 10.2 Å². The maximum atomic E-state index is 12.6. The Morgan fingerprint density at radius 2 is 0.758 bits per heavy atom. The van der Waals surface area contributed by atoms with E-state index < -0.39 is 30.0 Å². The molecule has 8 N–H and O–H groups in total.